The van der Waals surface area contributed by atoms with Crippen LogP contribution in [0.25, 0.3) is 11.0 Å². The molecule has 0 saturated carbocycles. The van der Waals surface area contributed by atoms with E-state index < -0.39 is 54.0 Å². The molecule has 4 aliphatic heterocycles. The number of hydrogen-bond acceptors (Lipinski definition) is 9. The standard InChI is InChI=1S/C30H29F3N6O5/c31-18-2-4-20-23(14-18)44-35-26(20)38-11-9-37(10-12-38)24-7-8-36(16-30(24,32)33)15-17-1-3-19-21(13-17)29(43)39(28(19)42)22-5-6-25(40)34-27(22)41/h1-4,13-14,22,24H,5-12,15-16H2,(H,34,40,41). The van der Waals surface area contributed by atoms with Gasteiger partial charge >= 0.3 is 0 Å². The van der Waals surface area contributed by atoms with E-state index in [1.165, 1.54) is 24.3 Å². The van der Waals surface area contributed by atoms with Crippen LogP contribution in [0.4, 0.5) is 19.0 Å². The SMILES string of the molecule is O=C1CCC(N2C(=O)c3ccc(CN4CCC(N5CCN(c6noc7cc(F)ccc67)CC5)C(F)(F)C4)cc3C2=O)C(=O)N1. The lowest BCUT2D eigenvalue weighted by atomic mass is 9.97. The van der Waals surface area contributed by atoms with Crippen LogP contribution >= 0.6 is 0 Å². The molecule has 3 saturated heterocycles. The number of alkyl halides is 2. The fourth-order valence-corrected chi connectivity index (χ4v) is 6.83. The number of nitrogens with one attached hydrogen (secondary N) is 1. The van der Waals surface area contributed by atoms with Gasteiger partial charge in [-0.15, -0.1) is 0 Å². The summed E-state index contributed by atoms with van der Waals surface area (Å²) in [5.74, 6) is -5.20. The molecule has 0 radical (unpaired) electrons. The Morgan fingerprint density at radius 2 is 1.70 bits per heavy atom. The van der Waals surface area contributed by atoms with Crippen molar-refractivity contribution in [2.75, 3.05) is 44.2 Å². The third kappa shape index (κ3) is 4.91. The van der Waals surface area contributed by atoms with Crippen molar-refractivity contribution in [3.63, 3.8) is 0 Å². The number of hydrogen-bond donors (Lipinski definition) is 1. The molecule has 2 aromatic carbocycles. The Balaban J connectivity index is 0.977. The summed E-state index contributed by atoms with van der Waals surface area (Å²) in [4.78, 5) is 56.3. The Morgan fingerprint density at radius 3 is 2.45 bits per heavy atom. The molecule has 0 aliphatic carbocycles. The second-order valence-electron chi connectivity index (χ2n) is 11.8. The average molecular weight is 611 g/mol. The molecule has 3 fully saturated rings. The number of fused-ring (bicyclic) bond motifs is 2. The molecule has 0 bridgehead atoms. The molecule has 2 unspecified atom stereocenters. The number of rotatable bonds is 5. The molecule has 2 atom stereocenters. The first-order valence-corrected chi connectivity index (χ1v) is 14.6. The van der Waals surface area contributed by atoms with E-state index in [1.54, 1.807) is 17.0 Å². The van der Waals surface area contributed by atoms with Crippen molar-refractivity contribution in [1.29, 1.82) is 0 Å². The summed E-state index contributed by atoms with van der Waals surface area (Å²) < 4.78 is 49.9. The van der Waals surface area contributed by atoms with E-state index in [9.17, 15) is 23.6 Å². The summed E-state index contributed by atoms with van der Waals surface area (Å²) in [7, 11) is 0. The molecule has 44 heavy (non-hydrogen) atoms. The predicted octanol–water partition coefficient (Wildman–Crippen LogP) is 2.40. The van der Waals surface area contributed by atoms with E-state index in [1.807, 2.05) is 9.80 Å². The van der Waals surface area contributed by atoms with Gasteiger partial charge in [-0.3, -0.25) is 39.2 Å². The summed E-state index contributed by atoms with van der Waals surface area (Å²) in [6, 6.07) is 6.90. The molecular weight excluding hydrogens is 581 g/mol. The molecule has 11 nitrogen and oxygen atoms in total. The highest BCUT2D eigenvalue weighted by Crippen LogP contribution is 2.35. The first-order chi connectivity index (χ1) is 21.1. The van der Waals surface area contributed by atoms with Gasteiger partial charge in [-0.1, -0.05) is 11.2 Å². The number of anilines is 1. The highest BCUT2D eigenvalue weighted by atomic mass is 19.3. The molecule has 5 heterocycles. The first kappa shape index (κ1) is 28.5. The van der Waals surface area contributed by atoms with Gasteiger partial charge in [0.1, 0.15) is 11.9 Å². The molecule has 1 aromatic heterocycles. The number of piperidine rings is 2. The minimum atomic E-state index is -2.98. The Bertz CT molecular complexity index is 1690. The number of aromatic nitrogens is 1. The van der Waals surface area contributed by atoms with Crippen molar-refractivity contribution in [3.8, 4) is 0 Å². The smallest absolute Gasteiger partial charge is 0.275 e. The van der Waals surface area contributed by atoms with Crippen molar-refractivity contribution in [2.45, 2.75) is 43.8 Å². The molecule has 4 amide bonds. The zero-order valence-corrected chi connectivity index (χ0v) is 23.6. The number of carbonyl (C=O) groups is 4. The van der Waals surface area contributed by atoms with Crippen LogP contribution < -0.4 is 10.2 Å². The van der Waals surface area contributed by atoms with Crippen LogP contribution in [0.3, 0.4) is 0 Å². The maximum Gasteiger partial charge on any atom is 0.275 e. The second-order valence-corrected chi connectivity index (χ2v) is 11.8. The van der Waals surface area contributed by atoms with Gasteiger partial charge in [0.15, 0.2) is 11.4 Å². The minimum absolute atomic E-state index is 0.0238. The quantitative estimate of drug-likeness (QED) is 0.435. The highest BCUT2D eigenvalue weighted by Gasteiger charge is 2.48. The summed E-state index contributed by atoms with van der Waals surface area (Å²) >= 11 is 0. The van der Waals surface area contributed by atoms with E-state index in [-0.39, 0.29) is 36.9 Å². The van der Waals surface area contributed by atoms with Gasteiger partial charge in [0.2, 0.25) is 11.8 Å². The van der Waals surface area contributed by atoms with Crippen molar-refractivity contribution in [1.82, 2.24) is 25.2 Å². The van der Waals surface area contributed by atoms with E-state index in [4.69, 9.17) is 4.52 Å². The van der Waals surface area contributed by atoms with Crippen molar-refractivity contribution in [3.05, 3.63) is 58.9 Å². The molecule has 0 spiro atoms. The molecule has 230 valence electrons. The number of likely N-dealkylation sites (tertiary alicyclic amines) is 1. The van der Waals surface area contributed by atoms with E-state index in [0.29, 0.717) is 55.1 Å². The van der Waals surface area contributed by atoms with Gasteiger partial charge in [-0.05, 0) is 42.7 Å². The Kier molecular flexibility index (Phi) is 6.92. The van der Waals surface area contributed by atoms with Gasteiger partial charge in [0, 0.05) is 51.8 Å². The van der Waals surface area contributed by atoms with E-state index in [0.717, 1.165) is 4.90 Å². The van der Waals surface area contributed by atoms with Gasteiger partial charge < -0.3 is 9.42 Å². The fraction of sp³-hybridized carbons (Fsp3) is 0.433. The lowest BCUT2D eigenvalue weighted by Crippen LogP contribution is -2.61. The predicted molar refractivity (Wildman–Crippen MR) is 149 cm³/mol. The van der Waals surface area contributed by atoms with Crippen LogP contribution in [0, 0.1) is 5.82 Å². The van der Waals surface area contributed by atoms with E-state index >= 15 is 8.78 Å². The number of imide groups is 2. The Hall–Kier alpha value is -4.30. The molecule has 14 heteroatoms. The number of piperazine rings is 1. The zero-order chi connectivity index (χ0) is 30.7. The summed E-state index contributed by atoms with van der Waals surface area (Å²) in [5, 5.41) is 6.92. The molecule has 4 aliphatic rings. The number of halogens is 3. The van der Waals surface area contributed by atoms with Crippen LogP contribution in [0.1, 0.15) is 45.5 Å². The van der Waals surface area contributed by atoms with Crippen molar-refractivity contribution >= 4 is 40.4 Å². The maximum atomic E-state index is 15.6. The number of benzene rings is 2. The average Bonchev–Trinajstić information content (AvgIpc) is 3.51. The molecule has 3 aromatic rings. The molecular formula is C30H29F3N6O5. The Labute approximate surface area is 249 Å². The summed E-state index contributed by atoms with van der Waals surface area (Å²) in [6.07, 6.45) is 0.335. The minimum Gasteiger partial charge on any atom is -0.354 e. The summed E-state index contributed by atoms with van der Waals surface area (Å²) in [6.45, 7) is 1.93. The third-order valence-corrected chi connectivity index (χ3v) is 9.02. The zero-order valence-electron chi connectivity index (χ0n) is 23.6. The first-order valence-electron chi connectivity index (χ1n) is 14.6. The van der Waals surface area contributed by atoms with Crippen LogP contribution in [-0.4, -0.2) is 101 Å². The van der Waals surface area contributed by atoms with Gasteiger partial charge in [-0.25, -0.2) is 13.2 Å². The summed E-state index contributed by atoms with van der Waals surface area (Å²) in [5.41, 5.74) is 1.23. The number of carbonyl (C=O) groups excluding carboxylic acids is 4. The van der Waals surface area contributed by atoms with Crippen LogP contribution in [0.15, 0.2) is 40.9 Å². The normalized spacial score (nSPS) is 24.7. The molecule has 7 rings (SSSR count). The second kappa shape index (κ2) is 10.7. The van der Waals surface area contributed by atoms with Crippen LogP contribution in [0.2, 0.25) is 0 Å². The largest absolute Gasteiger partial charge is 0.354 e. The topological polar surface area (TPSA) is 119 Å². The number of amides is 4. The Morgan fingerprint density at radius 1 is 0.932 bits per heavy atom. The monoisotopic (exact) mass is 610 g/mol. The van der Waals surface area contributed by atoms with Crippen LogP contribution in [0.5, 0.6) is 0 Å². The molecule has 1 N–H and O–H groups in total. The highest BCUT2D eigenvalue weighted by molar-refractivity contribution is 6.23. The van der Waals surface area contributed by atoms with Crippen molar-refractivity contribution in [2.24, 2.45) is 0 Å². The fourth-order valence-electron chi connectivity index (χ4n) is 6.83. The van der Waals surface area contributed by atoms with Crippen LogP contribution in [-0.2, 0) is 16.1 Å². The van der Waals surface area contributed by atoms with Gasteiger partial charge in [0.25, 0.3) is 17.7 Å². The lowest BCUT2D eigenvalue weighted by molar-refractivity contribution is -0.136. The van der Waals surface area contributed by atoms with Gasteiger partial charge in [0.05, 0.1) is 29.1 Å². The maximum absolute atomic E-state index is 15.6. The van der Waals surface area contributed by atoms with E-state index in [2.05, 4.69) is 10.5 Å². The lowest BCUT2D eigenvalue weighted by Gasteiger charge is -2.46. The van der Waals surface area contributed by atoms with Gasteiger partial charge in [-0.2, -0.15) is 0 Å². The third-order valence-electron chi connectivity index (χ3n) is 9.02. The van der Waals surface area contributed by atoms with Crippen molar-refractivity contribution < 1.29 is 36.9 Å². The number of nitrogens with zero attached hydrogens (tertiary/aromatic N) is 5.